The molecule has 116 valence electrons. The summed E-state index contributed by atoms with van der Waals surface area (Å²) in [6, 6.07) is 7.18. The predicted octanol–water partition coefficient (Wildman–Crippen LogP) is 4.18. The first kappa shape index (κ1) is 15.7. The molecule has 1 heterocycles. The number of halogens is 3. The van der Waals surface area contributed by atoms with Crippen LogP contribution in [0.2, 0.25) is 0 Å². The van der Waals surface area contributed by atoms with Crippen molar-refractivity contribution in [3.63, 3.8) is 0 Å². The average molecular weight is 311 g/mol. The molecule has 22 heavy (non-hydrogen) atoms. The molecule has 0 fully saturated rings. The highest BCUT2D eigenvalue weighted by Gasteiger charge is 2.33. The Balaban J connectivity index is 2.33. The third kappa shape index (κ3) is 3.51. The smallest absolute Gasteiger partial charge is 0.371 e. The monoisotopic (exact) mass is 311 g/mol. The molecule has 0 saturated heterocycles. The summed E-state index contributed by atoms with van der Waals surface area (Å²) in [6.45, 7) is 1.71. The molecule has 0 saturated carbocycles. The van der Waals surface area contributed by atoms with Gasteiger partial charge in [0.05, 0.1) is 22.2 Å². The van der Waals surface area contributed by atoms with E-state index in [1.165, 1.54) is 0 Å². The van der Waals surface area contributed by atoms with Crippen LogP contribution in [0.1, 0.15) is 24.2 Å². The molecule has 1 aromatic heterocycles. The molecule has 1 N–H and O–H groups in total. The molecule has 2 aromatic rings. The summed E-state index contributed by atoms with van der Waals surface area (Å²) in [5.41, 5.74) is -1.05. The number of rotatable bonds is 4. The van der Waals surface area contributed by atoms with E-state index in [1.54, 1.807) is 31.3 Å². The highest BCUT2D eigenvalue weighted by molar-refractivity contribution is 5.63. The van der Waals surface area contributed by atoms with E-state index in [4.69, 9.17) is 0 Å². The van der Waals surface area contributed by atoms with Crippen LogP contribution in [0.25, 0.3) is 0 Å². The summed E-state index contributed by atoms with van der Waals surface area (Å²) in [6.07, 6.45) is -3.06. The fourth-order valence-electron chi connectivity index (χ4n) is 1.92. The number of benzene rings is 1. The van der Waals surface area contributed by atoms with E-state index in [2.05, 4.69) is 10.3 Å². The van der Waals surface area contributed by atoms with E-state index in [1.807, 2.05) is 0 Å². The molecule has 8 heteroatoms. The standard InChI is InChI=1S/C14H12F3N3O2/c1-9(11-4-2-3-7-18-11)19-12-6-5-10(14(15,16)17)8-13(12)20(21)22/h2-9,19H,1H3. The number of nitro benzene ring substituents is 1. The Morgan fingerprint density at radius 2 is 2.00 bits per heavy atom. The van der Waals surface area contributed by atoms with Gasteiger partial charge in [-0.05, 0) is 31.2 Å². The van der Waals surface area contributed by atoms with E-state index in [0.717, 1.165) is 12.1 Å². The number of nitrogens with one attached hydrogen (secondary N) is 1. The van der Waals surface area contributed by atoms with Gasteiger partial charge < -0.3 is 5.32 Å². The van der Waals surface area contributed by atoms with Gasteiger partial charge in [0.15, 0.2) is 0 Å². The molecule has 0 spiro atoms. The average Bonchev–Trinajstić information content (AvgIpc) is 2.47. The van der Waals surface area contributed by atoms with Crippen LogP contribution in [0.15, 0.2) is 42.6 Å². The first-order valence-electron chi connectivity index (χ1n) is 6.32. The van der Waals surface area contributed by atoms with E-state index in [0.29, 0.717) is 11.8 Å². The van der Waals surface area contributed by atoms with Gasteiger partial charge in [0, 0.05) is 12.3 Å². The van der Waals surface area contributed by atoms with Crippen molar-refractivity contribution >= 4 is 11.4 Å². The lowest BCUT2D eigenvalue weighted by Crippen LogP contribution is -2.11. The Morgan fingerprint density at radius 1 is 1.27 bits per heavy atom. The second-order valence-corrected chi connectivity index (χ2v) is 4.61. The number of hydrogen-bond acceptors (Lipinski definition) is 4. The van der Waals surface area contributed by atoms with Gasteiger partial charge >= 0.3 is 6.18 Å². The highest BCUT2D eigenvalue weighted by Crippen LogP contribution is 2.35. The molecular formula is C14H12F3N3O2. The third-order valence-corrected chi connectivity index (χ3v) is 3.03. The van der Waals surface area contributed by atoms with Gasteiger partial charge in [0.1, 0.15) is 5.69 Å². The number of nitro groups is 1. The molecule has 0 bridgehead atoms. The maximum atomic E-state index is 12.6. The molecule has 1 unspecified atom stereocenters. The van der Waals surface area contributed by atoms with Crippen molar-refractivity contribution in [3.05, 3.63) is 64.0 Å². The van der Waals surface area contributed by atoms with Crippen molar-refractivity contribution in [1.29, 1.82) is 0 Å². The normalized spacial score (nSPS) is 12.7. The fraction of sp³-hybridized carbons (Fsp3) is 0.214. The zero-order valence-electron chi connectivity index (χ0n) is 11.5. The van der Waals surface area contributed by atoms with Gasteiger partial charge in [-0.3, -0.25) is 15.1 Å². The Labute approximate surface area is 124 Å². The van der Waals surface area contributed by atoms with Gasteiger partial charge in [0.25, 0.3) is 5.69 Å². The van der Waals surface area contributed by atoms with Crippen LogP contribution >= 0.6 is 0 Å². The Hall–Kier alpha value is -2.64. The van der Waals surface area contributed by atoms with Crippen LogP contribution in [0, 0.1) is 10.1 Å². The number of hydrogen-bond donors (Lipinski definition) is 1. The van der Waals surface area contributed by atoms with E-state index < -0.39 is 28.4 Å². The van der Waals surface area contributed by atoms with Gasteiger partial charge in [0.2, 0.25) is 0 Å². The summed E-state index contributed by atoms with van der Waals surface area (Å²) in [5.74, 6) is 0. The van der Waals surface area contributed by atoms with Crippen LogP contribution in [0.5, 0.6) is 0 Å². The summed E-state index contributed by atoms with van der Waals surface area (Å²) < 4.78 is 37.9. The maximum absolute atomic E-state index is 12.6. The predicted molar refractivity (Wildman–Crippen MR) is 74.4 cm³/mol. The Morgan fingerprint density at radius 3 is 2.55 bits per heavy atom. The number of anilines is 1. The minimum atomic E-state index is -4.63. The molecule has 0 radical (unpaired) electrons. The lowest BCUT2D eigenvalue weighted by molar-refractivity contribution is -0.384. The SMILES string of the molecule is CC(Nc1ccc(C(F)(F)F)cc1[N+](=O)[O-])c1ccccn1. The highest BCUT2D eigenvalue weighted by atomic mass is 19.4. The summed E-state index contributed by atoms with van der Waals surface area (Å²) >= 11 is 0. The Bertz CT molecular complexity index is 675. The summed E-state index contributed by atoms with van der Waals surface area (Å²) in [5, 5.41) is 13.8. The molecule has 0 amide bonds. The van der Waals surface area contributed by atoms with Crippen LogP contribution < -0.4 is 5.32 Å². The lowest BCUT2D eigenvalue weighted by atomic mass is 10.1. The van der Waals surface area contributed by atoms with Crippen molar-refractivity contribution < 1.29 is 18.1 Å². The van der Waals surface area contributed by atoms with E-state index in [-0.39, 0.29) is 5.69 Å². The van der Waals surface area contributed by atoms with Crippen LogP contribution in [-0.2, 0) is 6.18 Å². The van der Waals surface area contributed by atoms with Gasteiger partial charge in [-0.1, -0.05) is 6.07 Å². The Kier molecular flexibility index (Phi) is 4.30. The minimum Gasteiger partial charge on any atom is -0.371 e. The number of pyridine rings is 1. The molecule has 1 atom stereocenters. The van der Waals surface area contributed by atoms with E-state index in [9.17, 15) is 23.3 Å². The molecule has 0 aliphatic carbocycles. The number of nitrogens with zero attached hydrogens (tertiary/aromatic N) is 2. The second kappa shape index (κ2) is 6.00. The zero-order chi connectivity index (χ0) is 16.3. The largest absolute Gasteiger partial charge is 0.416 e. The van der Waals surface area contributed by atoms with Crippen LogP contribution in [-0.4, -0.2) is 9.91 Å². The number of aromatic nitrogens is 1. The first-order chi connectivity index (χ1) is 10.3. The van der Waals surface area contributed by atoms with Gasteiger partial charge in [-0.25, -0.2) is 0 Å². The molecular weight excluding hydrogens is 299 g/mol. The van der Waals surface area contributed by atoms with E-state index >= 15 is 0 Å². The molecule has 2 rings (SSSR count). The van der Waals surface area contributed by atoms with Crippen molar-refractivity contribution in [2.75, 3.05) is 5.32 Å². The molecule has 0 aliphatic rings. The third-order valence-electron chi connectivity index (χ3n) is 3.03. The van der Waals surface area contributed by atoms with Crippen LogP contribution in [0.4, 0.5) is 24.5 Å². The molecule has 5 nitrogen and oxygen atoms in total. The summed E-state index contributed by atoms with van der Waals surface area (Å²) in [7, 11) is 0. The molecule has 0 aliphatic heterocycles. The van der Waals surface area contributed by atoms with Crippen molar-refractivity contribution in [1.82, 2.24) is 4.98 Å². The topological polar surface area (TPSA) is 68.1 Å². The number of alkyl halides is 3. The quantitative estimate of drug-likeness (QED) is 0.679. The zero-order valence-corrected chi connectivity index (χ0v) is 11.5. The lowest BCUT2D eigenvalue weighted by Gasteiger charge is -2.15. The maximum Gasteiger partial charge on any atom is 0.416 e. The van der Waals surface area contributed by atoms with Crippen molar-refractivity contribution in [2.24, 2.45) is 0 Å². The minimum absolute atomic E-state index is 0.0103. The second-order valence-electron chi connectivity index (χ2n) is 4.61. The fourth-order valence-corrected chi connectivity index (χ4v) is 1.92. The molecule has 1 aromatic carbocycles. The first-order valence-corrected chi connectivity index (χ1v) is 6.32. The van der Waals surface area contributed by atoms with Gasteiger partial charge in [-0.15, -0.1) is 0 Å². The van der Waals surface area contributed by atoms with Crippen LogP contribution in [0.3, 0.4) is 0 Å². The summed E-state index contributed by atoms with van der Waals surface area (Å²) in [4.78, 5) is 14.3. The van der Waals surface area contributed by atoms with Crippen molar-refractivity contribution in [3.8, 4) is 0 Å². The van der Waals surface area contributed by atoms with Crippen molar-refractivity contribution in [2.45, 2.75) is 19.1 Å². The van der Waals surface area contributed by atoms with Gasteiger partial charge in [-0.2, -0.15) is 13.2 Å².